The number of carboxylic acids is 1. The van der Waals surface area contributed by atoms with Gasteiger partial charge in [-0.15, -0.1) is 0 Å². The van der Waals surface area contributed by atoms with Gasteiger partial charge in [0.2, 0.25) is 0 Å². The molecule has 4 nitrogen and oxygen atoms in total. The summed E-state index contributed by atoms with van der Waals surface area (Å²) in [4.78, 5) is 12.6. The van der Waals surface area contributed by atoms with E-state index in [0.29, 0.717) is 0 Å². The van der Waals surface area contributed by atoms with E-state index in [1.807, 2.05) is 0 Å². The number of nitrogens with zero attached hydrogens (tertiary/aromatic N) is 1. The standard InChI is InChI=1S/C12H14F3NO3/c1-8(9-2-5-19-6-9)16-4-3-11(7-16,10(17)18)12(13,14)15/h2,5-6,8H,3-4,7H2,1H3,(H,17,18). The van der Waals surface area contributed by atoms with Gasteiger partial charge in [0.25, 0.3) is 0 Å². The fourth-order valence-electron chi connectivity index (χ4n) is 2.42. The summed E-state index contributed by atoms with van der Waals surface area (Å²) >= 11 is 0. The summed E-state index contributed by atoms with van der Waals surface area (Å²) < 4.78 is 44.0. The average Bonchev–Trinajstić information content (AvgIpc) is 2.97. The molecular formula is C12H14F3NO3. The molecular weight excluding hydrogens is 263 g/mol. The molecule has 2 unspecified atom stereocenters. The molecule has 0 aromatic carbocycles. The van der Waals surface area contributed by atoms with Crippen molar-refractivity contribution in [3.05, 3.63) is 24.2 Å². The van der Waals surface area contributed by atoms with Crippen LogP contribution in [-0.2, 0) is 4.79 Å². The van der Waals surface area contributed by atoms with Crippen molar-refractivity contribution in [3.63, 3.8) is 0 Å². The fourth-order valence-corrected chi connectivity index (χ4v) is 2.42. The highest BCUT2D eigenvalue weighted by Gasteiger charge is 2.63. The van der Waals surface area contributed by atoms with Crippen molar-refractivity contribution in [2.75, 3.05) is 13.1 Å². The molecule has 0 amide bonds. The van der Waals surface area contributed by atoms with Crippen LogP contribution in [0.15, 0.2) is 23.0 Å². The fraction of sp³-hybridized carbons (Fsp3) is 0.583. The highest BCUT2D eigenvalue weighted by atomic mass is 19.4. The van der Waals surface area contributed by atoms with Gasteiger partial charge in [-0.05, 0) is 19.4 Å². The van der Waals surface area contributed by atoms with E-state index in [1.54, 1.807) is 13.0 Å². The third kappa shape index (κ3) is 2.22. The number of rotatable bonds is 3. The van der Waals surface area contributed by atoms with Crippen molar-refractivity contribution >= 4 is 5.97 Å². The van der Waals surface area contributed by atoms with E-state index < -0.39 is 30.5 Å². The summed E-state index contributed by atoms with van der Waals surface area (Å²) in [7, 11) is 0. The van der Waals surface area contributed by atoms with Crippen molar-refractivity contribution in [1.29, 1.82) is 0 Å². The van der Waals surface area contributed by atoms with Crippen LogP contribution in [0, 0.1) is 5.41 Å². The van der Waals surface area contributed by atoms with Crippen LogP contribution in [0.1, 0.15) is 24.9 Å². The van der Waals surface area contributed by atoms with E-state index in [0.717, 1.165) is 5.56 Å². The van der Waals surface area contributed by atoms with Crippen LogP contribution < -0.4 is 0 Å². The van der Waals surface area contributed by atoms with Gasteiger partial charge < -0.3 is 9.52 Å². The SMILES string of the molecule is CC(c1ccoc1)N1CCC(C(=O)O)(C(F)(F)F)C1. The van der Waals surface area contributed by atoms with Crippen molar-refractivity contribution in [2.45, 2.75) is 25.6 Å². The molecule has 2 rings (SSSR count). The minimum Gasteiger partial charge on any atom is -0.481 e. The summed E-state index contributed by atoms with van der Waals surface area (Å²) in [6, 6.07) is 1.36. The molecule has 0 radical (unpaired) electrons. The summed E-state index contributed by atoms with van der Waals surface area (Å²) in [5.41, 5.74) is -1.92. The zero-order valence-corrected chi connectivity index (χ0v) is 10.3. The maximum atomic E-state index is 13.0. The van der Waals surface area contributed by atoms with Crippen LogP contribution in [0.25, 0.3) is 0 Å². The summed E-state index contributed by atoms with van der Waals surface area (Å²) in [5.74, 6) is -1.80. The van der Waals surface area contributed by atoms with Crippen LogP contribution in [-0.4, -0.2) is 35.2 Å². The molecule has 0 saturated carbocycles. The second kappa shape index (κ2) is 4.56. The van der Waals surface area contributed by atoms with Crippen molar-refractivity contribution in [3.8, 4) is 0 Å². The molecule has 0 spiro atoms. The van der Waals surface area contributed by atoms with Gasteiger partial charge in [-0.1, -0.05) is 0 Å². The molecule has 1 aliphatic rings. The largest absolute Gasteiger partial charge is 0.481 e. The minimum atomic E-state index is -4.75. The monoisotopic (exact) mass is 277 g/mol. The molecule has 2 atom stereocenters. The van der Waals surface area contributed by atoms with Crippen LogP contribution in [0.2, 0.25) is 0 Å². The first-order valence-electron chi connectivity index (χ1n) is 5.84. The number of aliphatic carboxylic acids is 1. The second-order valence-corrected chi connectivity index (χ2v) is 4.84. The van der Waals surface area contributed by atoms with Gasteiger partial charge in [0, 0.05) is 24.7 Å². The Morgan fingerprint density at radius 2 is 2.26 bits per heavy atom. The van der Waals surface area contributed by atoms with Gasteiger partial charge in [-0.25, -0.2) is 0 Å². The number of carbonyl (C=O) groups is 1. The lowest BCUT2D eigenvalue weighted by Crippen LogP contribution is -2.47. The predicted octanol–water partition coefficient (Wildman–Crippen LogP) is 2.68. The first-order valence-corrected chi connectivity index (χ1v) is 5.84. The Morgan fingerprint density at radius 3 is 2.68 bits per heavy atom. The molecule has 2 heterocycles. The third-order valence-electron chi connectivity index (χ3n) is 3.82. The Labute approximate surface area is 107 Å². The zero-order valence-electron chi connectivity index (χ0n) is 10.3. The quantitative estimate of drug-likeness (QED) is 0.923. The van der Waals surface area contributed by atoms with Gasteiger partial charge in [-0.3, -0.25) is 9.69 Å². The molecule has 1 aromatic rings. The first-order chi connectivity index (χ1) is 8.78. The summed E-state index contributed by atoms with van der Waals surface area (Å²) in [5, 5.41) is 8.96. The lowest BCUT2D eigenvalue weighted by atomic mass is 9.86. The normalized spacial score (nSPS) is 26.5. The lowest BCUT2D eigenvalue weighted by Gasteiger charge is -2.29. The lowest BCUT2D eigenvalue weighted by molar-refractivity contribution is -0.227. The molecule has 19 heavy (non-hydrogen) atoms. The smallest absolute Gasteiger partial charge is 0.406 e. The Hall–Kier alpha value is -1.50. The topological polar surface area (TPSA) is 53.7 Å². The van der Waals surface area contributed by atoms with Gasteiger partial charge >= 0.3 is 12.1 Å². The van der Waals surface area contributed by atoms with Crippen LogP contribution >= 0.6 is 0 Å². The Kier molecular flexibility index (Phi) is 3.34. The number of likely N-dealkylation sites (tertiary alicyclic amines) is 1. The van der Waals surface area contributed by atoms with Gasteiger partial charge in [0.15, 0.2) is 5.41 Å². The predicted molar refractivity (Wildman–Crippen MR) is 59.4 cm³/mol. The van der Waals surface area contributed by atoms with Crippen molar-refractivity contribution < 1.29 is 27.5 Å². The van der Waals surface area contributed by atoms with E-state index in [1.165, 1.54) is 17.4 Å². The number of alkyl halides is 3. The Morgan fingerprint density at radius 1 is 1.58 bits per heavy atom. The molecule has 7 heteroatoms. The molecule has 1 N–H and O–H groups in total. The van der Waals surface area contributed by atoms with Crippen LogP contribution in [0.5, 0.6) is 0 Å². The van der Waals surface area contributed by atoms with Crippen LogP contribution in [0.3, 0.4) is 0 Å². The number of furan rings is 1. The number of hydrogen-bond acceptors (Lipinski definition) is 3. The van der Waals surface area contributed by atoms with Gasteiger partial charge in [-0.2, -0.15) is 13.2 Å². The molecule has 106 valence electrons. The second-order valence-electron chi connectivity index (χ2n) is 4.84. The highest BCUT2D eigenvalue weighted by molar-refractivity contribution is 5.76. The number of carboxylic acid groups (broad SMARTS) is 1. The van der Waals surface area contributed by atoms with E-state index in [9.17, 15) is 18.0 Å². The van der Waals surface area contributed by atoms with Gasteiger partial charge in [0.05, 0.1) is 12.5 Å². The van der Waals surface area contributed by atoms with E-state index in [4.69, 9.17) is 9.52 Å². The maximum Gasteiger partial charge on any atom is 0.406 e. The Balaban J connectivity index is 2.20. The van der Waals surface area contributed by atoms with E-state index in [2.05, 4.69) is 0 Å². The summed E-state index contributed by atoms with van der Waals surface area (Å²) in [6.45, 7) is 1.30. The minimum absolute atomic E-state index is 0.0954. The molecule has 1 aromatic heterocycles. The van der Waals surface area contributed by atoms with E-state index >= 15 is 0 Å². The molecule has 1 saturated heterocycles. The molecule has 0 aliphatic carbocycles. The van der Waals surface area contributed by atoms with Gasteiger partial charge in [0.1, 0.15) is 0 Å². The number of hydrogen-bond donors (Lipinski definition) is 1. The molecule has 1 aliphatic heterocycles. The average molecular weight is 277 g/mol. The third-order valence-corrected chi connectivity index (χ3v) is 3.82. The van der Waals surface area contributed by atoms with Crippen LogP contribution in [0.4, 0.5) is 13.2 Å². The maximum absolute atomic E-state index is 13.0. The highest BCUT2D eigenvalue weighted by Crippen LogP contribution is 2.47. The van der Waals surface area contributed by atoms with Crippen molar-refractivity contribution in [2.24, 2.45) is 5.41 Å². The Bertz CT molecular complexity index is 457. The zero-order chi connectivity index (χ0) is 14.3. The first kappa shape index (κ1) is 13.9. The number of halogens is 3. The molecule has 0 bridgehead atoms. The van der Waals surface area contributed by atoms with Crippen molar-refractivity contribution in [1.82, 2.24) is 4.90 Å². The summed E-state index contributed by atoms with van der Waals surface area (Å²) in [6.07, 6.45) is -2.27. The molecule has 1 fully saturated rings. The van der Waals surface area contributed by atoms with E-state index in [-0.39, 0.29) is 12.6 Å².